The van der Waals surface area contributed by atoms with Gasteiger partial charge in [-0.05, 0) is 30.7 Å². The number of halogens is 1. The summed E-state index contributed by atoms with van der Waals surface area (Å²) in [5, 5.41) is 15.0. The average Bonchev–Trinajstić information content (AvgIpc) is 2.39. The highest BCUT2D eigenvalue weighted by Gasteiger charge is 2.07. The van der Waals surface area contributed by atoms with E-state index in [2.05, 4.69) is 31.7 Å². The van der Waals surface area contributed by atoms with Crippen LogP contribution in [-0.4, -0.2) is 21.5 Å². The molecule has 1 aromatic heterocycles. The monoisotopic (exact) mass is 274 g/mol. The predicted molar refractivity (Wildman–Crippen MR) is 73.4 cm³/mol. The molecule has 0 bridgehead atoms. The first-order valence-corrected chi connectivity index (χ1v) is 6.02. The smallest absolute Gasteiger partial charge is 0.233 e. The quantitative estimate of drug-likeness (QED) is 0.891. The second-order valence-corrected chi connectivity index (χ2v) is 3.90. The predicted octanol–water partition coefficient (Wildman–Crippen LogP) is 2.57. The summed E-state index contributed by atoms with van der Waals surface area (Å²) < 4.78 is 0. The second kappa shape index (κ2) is 5.98. The molecule has 7 heteroatoms. The Morgan fingerprint density at radius 2 is 1.95 bits per heavy atom. The van der Waals surface area contributed by atoms with Gasteiger partial charge in [-0.25, -0.2) is 0 Å². The summed E-state index contributed by atoms with van der Waals surface area (Å²) in [4.78, 5) is 12.1. The Bertz CT molecular complexity index is 622. The van der Waals surface area contributed by atoms with E-state index < -0.39 is 0 Å². The summed E-state index contributed by atoms with van der Waals surface area (Å²) in [6, 6.07) is 9.16. The summed E-state index contributed by atoms with van der Waals surface area (Å²) in [7, 11) is 0. The van der Waals surface area contributed by atoms with Gasteiger partial charge in [0.25, 0.3) is 0 Å². The van der Waals surface area contributed by atoms with Gasteiger partial charge >= 0.3 is 0 Å². The Balaban J connectivity index is 2.30. The van der Waals surface area contributed by atoms with Crippen molar-refractivity contribution in [2.24, 2.45) is 0 Å². The number of rotatable bonds is 4. The maximum Gasteiger partial charge on any atom is 0.233 e. The molecule has 6 nitrogen and oxygen atoms in total. The summed E-state index contributed by atoms with van der Waals surface area (Å²) in [6.07, 6.45) is 0. The second-order valence-electron chi connectivity index (χ2n) is 3.56. The first-order chi connectivity index (χ1) is 9.22. The molecule has 0 aliphatic carbocycles. The van der Waals surface area contributed by atoms with Crippen LogP contribution >= 0.6 is 11.6 Å². The highest BCUT2D eigenvalue weighted by atomic mass is 35.5. The molecule has 0 radical (unpaired) electrons. The Morgan fingerprint density at radius 3 is 2.68 bits per heavy atom. The lowest BCUT2D eigenvalue weighted by Crippen LogP contribution is -2.07. The molecule has 2 rings (SSSR count). The SMILES string of the molecule is CCNc1nc(Cl)nc(Nc2ccccc2C#N)n1. The van der Waals surface area contributed by atoms with Crippen LogP contribution in [0.15, 0.2) is 24.3 Å². The van der Waals surface area contributed by atoms with E-state index in [1.807, 2.05) is 13.0 Å². The van der Waals surface area contributed by atoms with Crippen LogP contribution in [0.25, 0.3) is 0 Å². The molecule has 0 saturated heterocycles. The number of nitriles is 1. The van der Waals surface area contributed by atoms with Gasteiger partial charge in [-0.1, -0.05) is 12.1 Å². The zero-order chi connectivity index (χ0) is 13.7. The van der Waals surface area contributed by atoms with Crippen LogP contribution in [-0.2, 0) is 0 Å². The topological polar surface area (TPSA) is 86.5 Å². The van der Waals surface area contributed by atoms with Gasteiger partial charge in [0.15, 0.2) is 0 Å². The Hall–Kier alpha value is -2.39. The molecule has 0 amide bonds. The summed E-state index contributed by atoms with van der Waals surface area (Å²) in [5.41, 5.74) is 1.12. The summed E-state index contributed by atoms with van der Waals surface area (Å²) >= 11 is 5.82. The highest BCUT2D eigenvalue weighted by Crippen LogP contribution is 2.19. The van der Waals surface area contributed by atoms with Gasteiger partial charge in [0.1, 0.15) is 6.07 Å². The maximum atomic E-state index is 9.01. The van der Waals surface area contributed by atoms with E-state index in [4.69, 9.17) is 16.9 Å². The van der Waals surface area contributed by atoms with Crippen molar-refractivity contribution in [3.63, 3.8) is 0 Å². The van der Waals surface area contributed by atoms with E-state index in [1.165, 1.54) is 0 Å². The van der Waals surface area contributed by atoms with Gasteiger partial charge in [-0.15, -0.1) is 0 Å². The standard InChI is InChI=1S/C12H11ClN6/c1-2-15-11-17-10(13)18-12(19-11)16-9-6-4-3-5-8(9)7-14/h3-6H,2H2,1H3,(H2,15,16,17,18,19). The number of anilines is 3. The van der Waals surface area contributed by atoms with Crippen molar-refractivity contribution in [1.29, 1.82) is 5.26 Å². The van der Waals surface area contributed by atoms with Gasteiger partial charge in [-0.3, -0.25) is 0 Å². The minimum Gasteiger partial charge on any atom is -0.354 e. The maximum absolute atomic E-state index is 9.01. The van der Waals surface area contributed by atoms with Crippen molar-refractivity contribution >= 4 is 29.2 Å². The third-order valence-corrected chi connectivity index (χ3v) is 2.41. The lowest BCUT2D eigenvalue weighted by atomic mass is 10.2. The third kappa shape index (κ3) is 3.30. The molecule has 19 heavy (non-hydrogen) atoms. The molecule has 0 atom stereocenters. The normalized spacial score (nSPS) is 9.74. The van der Waals surface area contributed by atoms with Crippen LogP contribution in [0.1, 0.15) is 12.5 Å². The minimum atomic E-state index is 0.0860. The van der Waals surface area contributed by atoms with Crippen molar-refractivity contribution in [2.45, 2.75) is 6.92 Å². The molecule has 0 unspecified atom stereocenters. The zero-order valence-electron chi connectivity index (χ0n) is 10.2. The van der Waals surface area contributed by atoms with Crippen LogP contribution < -0.4 is 10.6 Å². The molecular weight excluding hydrogens is 264 g/mol. The molecule has 2 aromatic rings. The Morgan fingerprint density at radius 1 is 1.21 bits per heavy atom. The molecule has 1 aromatic carbocycles. The molecule has 1 heterocycles. The lowest BCUT2D eigenvalue weighted by Gasteiger charge is -2.08. The van der Waals surface area contributed by atoms with E-state index in [9.17, 15) is 0 Å². The van der Waals surface area contributed by atoms with Crippen LogP contribution in [0.2, 0.25) is 5.28 Å². The molecule has 0 aliphatic heterocycles. The number of hydrogen-bond donors (Lipinski definition) is 2. The van der Waals surface area contributed by atoms with Crippen molar-refractivity contribution in [2.75, 3.05) is 17.2 Å². The van der Waals surface area contributed by atoms with Crippen molar-refractivity contribution in [1.82, 2.24) is 15.0 Å². The van der Waals surface area contributed by atoms with Gasteiger partial charge in [0.05, 0.1) is 11.3 Å². The molecule has 0 aliphatic rings. The van der Waals surface area contributed by atoms with E-state index in [0.717, 1.165) is 0 Å². The van der Waals surface area contributed by atoms with E-state index in [0.29, 0.717) is 29.7 Å². The number of benzene rings is 1. The third-order valence-electron chi connectivity index (χ3n) is 2.24. The van der Waals surface area contributed by atoms with E-state index >= 15 is 0 Å². The van der Waals surface area contributed by atoms with E-state index in [1.54, 1.807) is 18.2 Å². The molecule has 2 N–H and O–H groups in total. The van der Waals surface area contributed by atoms with Crippen LogP contribution in [0, 0.1) is 11.3 Å². The first-order valence-electron chi connectivity index (χ1n) is 5.64. The van der Waals surface area contributed by atoms with Crippen molar-refractivity contribution in [3.05, 3.63) is 35.1 Å². The number of hydrogen-bond acceptors (Lipinski definition) is 6. The Labute approximate surface area is 115 Å². The highest BCUT2D eigenvalue weighted by molar-refractivity contribution is 6.28. The summed E-state index contributed by atoms with van der Waals surface area (Å²) in [6.45, 7) is 2.60. The fraction of sp³-hybridized carbons (Fsp3) is 0.167. The fourth-order valence-corrected chi connectivity index (χ4v) is 1.61. The van der Waals surface area contributed by atoms with Crippen LogP contribution in [0.4, 0.5) is 17.6 Å². The van der Waals surface area contributed by atoms with Crippen LogP contribution in [0.5, 0.6) is 0 Å². The van der Waals surface area contributed by atoms with Crippen LogP contribution in [0.3, 0.4) is 0 Å². The Kier molecular flexibility index (Phi) is 4.11. The number of nitrogens with one attached hydrogen (secondary N) is 2. The largest absolute Gasteiger partial charge is 0.354 e. The van der Waals surface area contributed by atoms with Gasteiger partial charge in [0.2, 0.25) is 17.2 Å². The lowest BCUT2D eigenvalue weighted by molar-refractivity contribution is 1.02. The fourth-order valence-electron chi connectivity index (χ4n) is 1.45. The zero-order valence-corrected chi connectivity index (χ0v) is 10.9. The minimum absolute atomic E-state index is 0.0860. The average molecular weight is 275 g/mol. The number of para-hydroxylation sites is 1. The van der Waals surface area contributed by atoms with Gasteiger partial charge in [-0.2, -0.15) is 20.2 Å². The van der Waals surface area contributed by atoms with E-state index in [-0.39, 0.29) is 5.28 Å². The number of nitrogens with zero attached hydrogens (tertiary/aromatic N) is 4. The first kappa shape index (κ1) is 13.1. The number of aromatic nitrogens is 3. The van der Waals surface area contributed by atoms with Crippen molar-refractivity contribution in [3.8, 4) is 6.07 Å². The molecule has 0 spiro atoms. The molecule has 0 fully saturated rings. The van der Waals surface area contributed by atoms with Gasteiger partial charge < -0.3 is 10.6 Å². The van der Waals surface area contributed by atoms with Crippen molar-refractivity contribution < 1.29 is 0 Å². The molecule has 0 saturated carbocycles. The molecule has 96 valence electrons. The molecular formula is C12H11ClN6. The summed E-state index contributed by atoms with van der Waals surface area (Å²) in [5.74, 6) is 0.679. The van der Waals surface area contributed by atoms with Gasteiger partial charge in [0, 0.05) is 6.54 Å².